The molecule has 0 aliphatic carbocycles. The molecule has 0 fully saturated rings. The van der Waals surface area contributed by atoms with Crippen molar-refractivity contribution in [2.24, 2.45) is 0 Å². The third kappa shape index (κ3) is 5.38. The minimum absolute atomic E-state index is 0.191. The number of rotatable bonds is 3. The molecule has 0 aliphatic heterocycles. The molecule has 1 nitrogen and oxygen atoms in total. The summed E-state index contributed by atoms with van der Waals surface area (Å²) < 4.78 is 0. The lowest BCUT2D eigenvalue weighted by molar-refractivity contribution is 0.450. The van der Waals surface area contributed by atoms with E-state index in [1.807, 2.05) is 0 Å². The van der Waals surface area contributed by atoms with Crippen LogP contribution in [0, 0.1) is 6.92 Å². The molecule has 0 heterocycles. The lowest BCUT2D eigenvalue weighted by Gasteiger charge is -2.18. The van der Waals surface area contributed by atoms with Crippen molar-refractivity contribution in [3.05, 3.63) is 41.5 Å². The van der Waals surface area contributed by atoms with Crippen LogP contribution in [0.4, 0.5) is 0 Å². The number of nitrogens with one attached hydrogen (secondary N) is 1. The Morgan fingerprint density at radius 3 is 2.60 bits per heavy atom. The van der Waals surface area contributed by atoms with E-state index < -0.39 is 0 Å². The van der Waals surface area contributed by atoms with Gasteiger partial charge in [0.15, 0.2) is 0 Å². The summed E-state index contributed by atoms with van der Waals surface area (Å²) in [5, 5.41) is 3.42. The standard InChI is InChI=1S/C14H21N/c1-12-7-5-8-13(11-12)9-6-10-15-14(2,3)4/h5-9,11,15H,10H2,1-4H3. The van der Waals surface area contributed by atoms with Crippen molar-refractivity contribution in [2.75, 3.05) is 6.54 Å². The third-order valence-electron chi connectivity index (χ3n) is 2.10. The predicted molar refractivity (Wildman–Crippen MR) is 68.0 cm³/mol. The van der Waals surface area contributed by atoms with Gasteiger partial charge in [-0.3, -0.25) is 0 Å². The molecule has 0 saturated carbocycles. The van der Waals surface area contributed by atoms with Crippen LogP contribution in [-0.4, -0.2) is 12.1 Å². The monoisotopic (exact) mass is 203 g/mol. The average molecular weight is 203 g/mol. The van der Waals surface area contributed by atoms with E-state index in [-0.39, 0.29) is 5.54 Å². The largest absolute Gasteiger partial charge is 0.309 e. The molecule has 0 bridgehead atoms. The molecule has 1 N–H and O–H groups in total. The summed E-state index contributed by atoms with van der Waals surface area (Å²) in [6.07, 6.45) is 4.33. The zero-order chi connectivity index (χ0) is 11.3. The van der Waals surface area contributed by atoms with E-state index in [9.17, 15) is 0 Å². The zero-order valence-electron chi connectivity index (χ0n) is 10.2. The maximum Gasteiger partial charge on any atom is 0.0143 e. The van der Waals surface area contributed by atoms with Gasteiger partial charge >= 0.3 is 0 Å². The van der Waals surface area contributed by atoms with Crippen LogP contribution in [0.25, 0.3) is 6.08 Å². The summed E-state index contributed by atoms with van der Waals surface area (Å²) in [6.45, 7) is 9.55. The van der Waals surface area contributed by atoms with Crippen LogP contribution < -0.4 is 5.32 Å². The molecule has 1 heteroatoms. The van der Waals surface area contributed by atoms with Gasteiger partial charge in [0.1, 0.15) is 0 Å². The number of benzene rings is 1. The number of hydrogen-bond acceptors (Lipinski definition) is 1. The average Bonchev–Trinajstić information content (AvgIpc) is 2.11. The van der Waals surface area contributed by atoms with Crippen LogP contribution in [0.15, 0.2) is 30.3 Å². The molecule has 0 saturated heterocycles. The summed E-state index contributed by atoms with van der Waals surface area (Å²) in [7, 11) is 0. The van der Waals surface area contributed by atoms with E-state index in [2.05, 4.69) is 69.4 Å². The van der Waals surface area contributed by atoms with Gasteiger partial charge in [-0.15, -0.1) is 0 Å². The van der Waals surface area contributed by atoms with E-state index >= 15 is 0 Å². The molecule has 0 spiro atoms. The highest BCUT2D eigenvalue weighted by molar-refractivity contribution is 5.50. The van der Waals surface area contributed by atoms with Gasteiger partial charge in [-0.1, -0.05) is 42.0 Å². The smallest absolute Gasteiger partial charge is 0.0143 e. The van der Waals surface area contributed by atoms with Crippen molar-refractivity contribution in [3.63, 3.8) is 0 Å². The Balaban J connectivity index is 2.45. The topological polar surface area (TPSA) is 12.0 Å². The molecule has 1 aromatic rings. The maximum absolute atomic E-state index is 3.42. The molecule has 0 amide bonds. The normalized spacial score (nSPS) is 12.3. The SMILES string of the molecule is Cc1cccc(C=CCNC(C)(C)C)c1. The Morgan fingerprint density at radius 2 is 2.00 bits per heavy atom. The first-order chi connectivity index (χ1) is 6.97. The molecule has 82 valence electrons. The van der Waals surface area contributed by atoms with Gasteiger partial charge in [0.2, 0.25) is 0 Å². The highest BCUT2D eigenvalue weighted by Gasteiger charge is 2.05. The lowest BCUT2D eigenvalue weighted by atomic mass is 10.1. The fourth-order valence-electron chi connectivity index (χ4n) is 1.33. The lowest BCUT2D eigenvalue weighted by Crippen LogP contribution is -2.35. The van der Waals surface area contributed by atoms with Crippen LogP contribution in [0.2, 0.25) is 0 Å². The van der Waals surface area contributed by atoms with Crippen molar-refractivity contribution in [1.82, 2.24) is 5.32 Å². The van der Waals surface area contributed by atoms with Crippen molar-refractivity contribution in [2.45, 2.75) is 33.2 Å². The van der Waals surface area contributed by atoms with E-state index in [1.54, 1.807) is 0 Å². The van der Waals surface area contributed by atoms with Crippen LogP contribution in [0.3, 0.4) is 0 Å². The summed E-state index contributed by atoms with van der Waals surface area (Å²) in [4.78, 5) is 0. The van der Waals surface area contributed by atoms with E-state index in [0.717, 1.165) is 6.54 Å². The molecule has 0 unspecified atom stereocenters. The van der Waals surface area contributed by atoms with E-state index in [4.69, 9.17) is 0 Å². The van der Waals surface area contributed by atoms with E-state index in [1.165, 1.54) is 11.1 Å². The molecular formula is C14H21N. The second kappa shape index (κ2) is 5.13. The predicted octanol–water partition coefficient (Wildman–Crippen LogP) is 3.40. The second-order valence-corrected chi connectivity index (χ2v) is 4.95. The Morgan fingerprint density at radius 1 is 1.27 bits per heavy atom. The van der Waals surface area contributed by atoms with Crippen molar-refractivity contribution < 1.29 is 0 Å². The second-order valence-electron chi connectivity index (χ2n) is 4.95. The summed E-state index contributed by atoms with van der Waals surface area (Å²) in [5.74, 6) is 0. The van der Waals surface area contributed by atoms with Crippen molar-refractivity contribution in [3.8, 4) is 0 Å². The molecule has 0 aromatic heterocycles. The minimum Gasteiger partial charge on any atom is -0.309 e. The molecule has 1 aromatic carbocycles. The van der Waals surface area contributed by atoms with Crippen molar-refractivity contribution >= 4 is 6.08 Å². The van der Waals surface area contributed by atoms with Gasteiger partial charge in [-0.25, -0.2) is 0 Å². The van der Waals surface area contributed by atoms with Gasteiger partial charge in [-0.05, 0) is 33.3 Å². The minimum atomic E-state index is 0.191. The molecule has 0 aliphatic rings. The highest BCUT2D eigenvalue weighted by Crippen LogP contribution is 2.05. The maximum atomic E-state index is 3.42. The fourth-order valence-corrected chi connectivity index (χ4v) is 1.33. The molecule has 0 radical (unpaired) electrons. The van der Waals surface area contributed by atoms with Gasteiger partial charge in [-0.2, -0.15) is 0 Å². The molecule has 0 atom stereocenters. The van der Waals surface area contributed by atoms with Gasteiger partial charge < -0.3 is 5.32 Å². The van der Waals surface area contributed by atoms with Crippen LogP contribution >= 0.6 is 0 Å². The highest BCUT2D eigenvalue weighted by atomic mass is 14.9. The summed E-state index contributed by atoms with van der Waals surface area (Å²) in [6, 6.07) is 8.52. The van der Waals surface area contributed by atoms with E-state index in [0.29, 0.717) is 0 Å². The molecule has 1 rings (SSSR count). The third-order valence-corrected chi connectivity index (χ3v) is 2.10. The Kier molecular flexibility index (Phi) is 4.10. The first-order valence-electron chi connectivity index (χ1n) is 5.46. The van der Waals surface area contributed by atoms with Gasteiger partial charge in [0, 0.05) is 12.1 Å². The Hall–Kier alpha value is -1.08. The van der Waals surface area contributed by atoms with Gasteiger partial charge in [0.25, 0.3) is 0 Å². The fraction of sp³-hybridized carbons (Fsp3) is 0.429. The summed E-state index contributed by atoms with van der Waals surface area (Å²) >= 11 is 0. The number of aryl methyl sites for hydroxylation is 1. The quantitative estimate of drug-likeness (QED) is 0.794. The van der Waals surface area contributed by atoms with Crippen LogP contribution in [0.1, 0.15) is 31.9 Å². The van der Waals surface area contributed by atoms with Crippen LogP contribution in [0.5, 0.6) is 0 Å². The first-order valence-corrected chi connectivity index (χ1v) is 5.46. The molecular weight excluding hydrogens is 182 g/mol. The summed E-state index contributed by atoms with van der Waals surface area (Å²) in [5.41, 5.74) is 2.77. The Labute approximate surface area is 93.2 Å². The number of hydrogen-bond donors (Lipinski definition) is 1. The molecule has 15 heavy (non-hydrogen) atoms. The van der Waals surface area contributed by atoms with Crippen LogP contribution in [-0.2, 0) is 0 Å². The van der Waals surface area contributed by atoms with Crippen molar-refractivity contribution in [1.29, 1.82) is 0 Å². The van der Waals surface area contributed by atoms with Gasteiger partial charge in [0.05, 0.1) is 0 Å². The first kappa shape index (κ1) is 12.0. The Bertz CT molecular complexity index is 331. The zero-order valence-corrected chi connectivity index (χ0v) is 10.2.